The maximum Gasteiger partial charge on any atom is 0.411 e. The first-order valence-corrected chi connectivity index (χ1v) is 9.60. The molecule has 2 N–H and O–H groups in total. The second-order valence-electron chi connectivity index (χ2n) is 7.00. The molecule has 6 heteroatoms. The topological polar surface area (TPSA) is 76.7 Å². The molecule has 0 bridgehead atoms. The minimum absolute atomic E-state index is 0.0174. The largest absolute Gasteiger partial charge is 0.484 e. The van der Waals surface area contributed by atoms with Crippen LogP contribution in [0, 0.1) is 6.92 Å². The Morgan fingerprint density at radius 3 is 2.57 bits per heavy atom. The molecule has 2 amide bonds. The molecule has 0 heterocycles. The second kappa shape index (κ2) is 9.78. The fourth-order valence-electron chi connectivity index (χ4n) is 3.33. The fraction of sp³-hybridized carbons (Fsp3) is 0.364. The monoisotopic (exact) mass is 382 g/mol. The number of carbonyl (C=O) groups is 2. The van der Waals surface area contributed by atoms with Crippen molar-refractivity contribution in [2.75, 3.05) is 11.9 Å². The van der Waals surface area contributed by atoms with Crippen molar-refractivity contribution in [1.82, 2.24) is 5.32 Å². The van der Waals surface area contributed by atoms with Gasteiger partial charge in [-0.25, -0.2) is 4.79 Å². The first kappa shape index (κ1) is 19.7. The lowest BCUT2D eigenvalue weighted by Gasteiger charge is -2.29. The van der Waals surface area contributed by atoms with E-state index in [1.54, 1.807) is 12.1 Å². The molecule has 2 atom stereocenters. The summed E-state index contributed by atoms with van der Waals surface area (Å²) < 4.78 is 11.1. The first-order chi connectivity index (χ1) is 13.6. The molecule has 0 aromatic heterocycles. The fourth-order valence-corrected chi connectivity index (χ4v) is 3.33. The van der Waals surface area contributed by atoms with Gasteiger partial charge in [0.1, 0.15) is 11.9 Å². The van der Waals surface area contributed by atoms with Gasteiger partial charge in [-0.2, -0.15) is 0 Å². The lowest BCUT2D eigenvalue weighted by Crippen LogP contribution is -2.43. The van der Waals surface area contributed by atoms with Gasteiger partial charge in [-0.05, 0) is 49.9 Å². The van der Waals surface area contributed by atoms with Crippen LogP contribution in [0.5, 0.6) is 5.75 Å². The summed E-state index contributed by atoms with van der Waals surface area (Å²) in [5.41, 5.74) is 1.69. The van der Waals surface area contributed by atoms with E-state index in [0.717, 1.165) is 24.8 Å². The van der Waals surface area contributed by atoms with Crippen LogP contribution in [0.1, 0.15) is 31.2 Å². The van der Waals surface area contributed by atoms with E-state index in [4.69, 9.17) is 9.47 Å². The molecular formula is C22H26N2O4. The average molecular weight is 382 g/mol. The van der Waals surface area contributed by atoms with Crippen LogP contribution in [0.4, 0.5) is 10.5 Å². The minimum Gasteiger partial charge on any atom is -0.484 e. The second-order valence-corrected chi connectivity index (χ2v) is 7.00. The normalized spacial score (nSPS) is 18.8. The summed E-state index contributed by atoms with van der Waals surface area (Å²) in [4.78, 5) is 24.3. The number of amides is 2. The van der Waals surface area contributed by atoms with Crippen LogP contribution in [0.2, 0.25) is 0 Å². The number of hydrogen-bond acceptors (Lipinski definition) is 4. The predicted molar refractivity (Wildman–Crippen MR) is 107 cm³/mol. The van der Waals surface area contributed by atoms with E-state index >= 15 is 0 Å². The van der Waals surface area contributed by atoms with Crippen molar-refractivity contribution in [1.29, 1.82) is 0 Å². The molecule has 0 spiro atoms. The highest BCUT2D eigenvalue weighted by molar-refractivity contribution is 5.84. The zero-order chi connectivity index (χ0) is 19.8. The van der Waals surface area contributed by atoms with Gasteiger partial charge in [0.05, 0.1) is 0 Å². The van der Waals surface area contributed by atoms with Gasteiger partial charge in [-0.1, -0.05) is 36.4 Å². The smallest absolute Gasteiger partial charge is 0.411 e. The summed E-state index contributed by atoms with van der Waals surface area (Å²) >= 11 is 0. The molecule has 2 aromatic rings. The average Bonchev–Trinajstić information content (AvgIpc) is 2.68. The van der Waals surface area contributed by atoms with Crippen LogP contribution in [0.3, 0.4) is 0 Å². The van der Waals surface area contributed by atoms with E-state index in [9.17, 15) is 9.59 Å². The third-order valence-electron chi connectivity index (χ3n) is 4.74. The summed E-state index contributed by atoms with van der Waals surface area (Å²) in [6, 6.07) is 16.8. The van der Waals surface area contributed by atoms with Crippen molar-refractivity contribution in [3.05, 3.63) is 60.2 Å². The summed E-state index contributed by atoms with van der Waals surface area (Å²) in [7, 11) is 0. The van der Waals surface area contributed by atoms with Crippen molar-refractivity contribution >= 4 is 17.7 Å². The molecule has 6 nitrogen and oxygen atoms in total. The molecule has 1 fully saturated rings. The van der Waals surface area contributed by atoms with Crippen molar-refractivity contribution in [3.8, 4) is 5.75 Å². The highest BCUT2D eigenvalue weighted by Gasteiger charge is 2.26. The Kier molecular flexibility index (Phi) is 6.89. The number of para-hydroxylation sites is 2. The van der Waals surface area contributed by atoms with E-state index in [1.807, 2.05) is 49.4 Å². The maximum atomic E-state index is 12.2. The molecule has 1 saturated carbocycles. The molecular weight excluding hydrogens is 356 g/mol. The van der Waals surface area contributed by atoms with Crippen molar-refractivity contribution in [2.24, 2.45) is 0 Å². The van der Waals surface area contributed by atoms with Gasteiger partial charge in [0.2, 0.25) is 0 Å². The standard InChI is InChI=1S/C22H26N2O4/c1-16-8-5-6-13-20(16)27-15-21(25)23-18-11-7-12-19(14-18)28-22(26)24-17-9-3-2-4-10-17/h2-6,8-10,13,18-19H,7,11-12,14-15H2,1H3,(H,23,25)(H,24,26). The van der Waals surface area contributed by atoms with Crippen LogP contribution >= 0.6 is 0 Å². The molecule has 3 rings (SSSR count). The van der Waals surface area contributed by atoms with Gasteiger partial charge >= 0.3 is 6.09 Å². The summed E-state index contributed by atoms with van der Waals surface area (Å²) in [6.45, 7) is 1.91. The van der Waals surface area contributed by atoms with Gasteiger partial charge in [-0.15, -0.1) is 0 Å². The Hall–Kier alpha value is -3.02. The number of ether oxygens (including phenoxy) is 2. The predicted octanol–water partition coefficient (Wildman–Crippen LogP) is 4.05. The van der Waals surface area contributed by atoms with E-state index in [0.29, 0.717) is 17.9 Å². The van der Waals surface area contributed by atoms with E-state index < -0.39 is 6.09 Å². The van der Waals surface area contributed by atoms with Crippen molar-refractivity contribution in [2.45, 2.75) is 44.8 Å². The number of hydrogen-bond donors (Lipinski definition) is 2. The SMILES string of the molecule is Cc1ccccc1OCC(=O)NC1CCCC(OC(=O)Nc2ccccc2)C1. The molecule has 2 aromatic carbocycles. The lowest BCUT2D eigenvalue weighted by atomic mass is 9.93. The third kappa shape index (κ3) is 6.01. The number of benzene rings is 2. The minimum atomic E-state index is -0.467. The van der Waals surface area contributed by atoms with Crippen LogP contribution < -0.4 is 15.4 Å². The lowest BCUT2D eigenvalue weighted by molar-refractivity contribution is -0.124. The highest BCUT2D eigenvalue weighted by Crippen LogP contribution is 2.22. The van der Waals surface area contributed by atoms with E-state index in [-0.39, 0.29) is 24.7 Å². The zero-order valence-corrected chi connectivity index (χ0v) is 16.0. The zero-order valence-electron chi connectivity index (χ0n) is 16.0. The molecule has 1 aliphatic rings. The molecule has 0 radical (unpaired) electrons. The molecule has 148 valence electrons. The number of anilines is 1. The van der Waals surface area contributed by atoms with Gasteiger partial charge in [0, 0.05) is 18.2 Å². The molecule has 0 aliphatic heterocycles. The summed E-state index contributed by atoms with van der Waals surface area (Å²) in [5, 5.41) is 5.71. The Morgan fingerprint density at radius 1 is 1.04 bits per heavy atom. The van der Waals surface area contributed by atoms with Crippen LogP contribution in [-0.4, -0.2) is 30.8 Å². The van der Waals surface area contributed by atoms with Crippen LogP contribution in [0.25, 0.3) is 0 Å². The number of rotatable bonds is 6. The third-order valence-corrected chi connectivity index (χ3v) is 4.74. The van der Waals surface area contributed by atoms with Crippen molar-refractivity contribution in [3.63, 3.8) is 0 Å². The maximum absolute atomic E-state index is 12.2. The van der Waals surface area contributed by atoms with E-state index in [2.05, 4.69) is 10.6 Å². The van der Waals surface area contributed by atoms with E-state index in [1.165, 1.54) is 0 Å². The summed E-state index contributed by atoms with van der Waals surface area (Å²) in [6.07, 6.45) is 2.50. The Balaban J connectivity index is 1.42. The molecule has 0 saturated heterocycles. The molecule has 28 heavy (non-hydrogen) atoms. The molecule has 2 unspecified atom stereocenters. The van der Waals surface area contributed by atoms with Gasteiger partial charge in [0.25, 0.3) is 5.91 Å². The number of nitrogens with one attached hydrogen (secondary N) is 2. The van der Waals surface area contributed by atoms with Crippen molar-refractivity contribution < 1.29 is 19.1 Å². The quantitative estimate of drug-likeness (QED) is 0.790. The molecule has 1 aliphatic carbocycles. The Labute approximate surface area is 165 Å². The van der Waals surface area contributed by atoms with Crippen LogP contribution in [0.15, 0.2) is 54.6 Å². The number of carbonyl (C=O) groups excluding carboxylic acids is 2. The summed E-state index contributed by atoms with van der Waals surface area (Å²) in [5.74, 6) is 0.544. The number of aryl methyl sites for hydroxylation is 1. The Morgan fingerprint density at radius 2 is 1.79 bits per heavy atom. The van der Waals surface area contributed by atoms with Gasteiger partial charge in [0.15, 0.2) is 6.61 Å². The van der Waals surface area contributed by atoms with Crippen LogP contribution in [-0.2, 0) is 9.53 Å². The first-order valence-electron chi connectivity index (χ1n) is 9.60. The Bertz CT molecular complexity index is 794. The van der Waals surface area contributed by atoms with Gasteiger partial charge < -0.3 is 14.8 Å². The van der Waals surface area contributed by atoms with Gasteiger partial charge in [-0.3, -0.25) is 10.1 Å². The highest BCUT2D eigenvalue weighted by atomic mass is 16.6.